The predicted octanol–water partition coefficient (Wildman–Crippen LogP) is 3.65. The Morgan fingerprint density at radius 1 is 1.00 bits per heavy atom. The predicted molar refractivity (Wildman–Crippen MR) is 133 cm³/mol. The van der Waals surface area contributed by atoms with Crippen LogP contribution < -0.4 is 11.1 Å². The van der Waals surface area contributed by atoms with Crippen molar-refractivity contribution < 1.29 is 23.4 Å². The normalized spacial score (nSPS) is 12.1. The van der Waals surface area contributed by atoms with Gasteiger partial charge in [-0.05, 0) is 73.0 Å². The third-order valence-corrected chi connectivity index (χ3v) is 7.21. The van der Waals surface area contributed by atoms with Gasteiger partial charge in [0.1, 0.15) is 5.75 Å². The number of carbonyl (C=O) groups excluding carboxylic acids is 1. The van der Waals surface area contributed by atoms with E-state index >= 15 is 0 Å². The van der Waals surface area contributed by atoms with Crippen LogP contribution in [0.1, 0.15) is 34.0 Å². The second-order valence-corrected chi connectivity index (χ2v) is 9.95. The summed E-state index contributed by atoms with van der Waals surface area (Å²) >= 11 is 5.85. The third kappa shape index (κ3) is 6.94. The van der Waals surface area contributed by atoms with Crippen LogP contribution in [0.15, 0.2) is 76.5 Å². The van der Waals surface area contributed by atoms with Crippen LogP contribution in [0, 0.1) is 0 Å². The van der Waals surface area contributed by atoms with E-state index in [1.807, 2.05) is 0 Å². The average molecular weight is 525 g/mol. The number of nitrogens with two attached hydrogens (primary N) is 1. The Balaban J connectivity index is 0.00000408. The molecule has 0 aromatic heterocycles. The highest BCUT2D eigenvalue weighted by Crippen LogP contribution is 2.26. The number of hydrogen-bond acceptors (Lipinski definition) is 6. The number of primary amides is 1. The van der Waals surface area contributed by atoms with Crippen molar-refractivity contribution in [3.63, 3.8) is 0 Å². The molecular weight excluding hydrogens is 499 g/mol. The molecule has 0 unspecified atom stereocenters. The molecule has 1 atom stereocenters. The van der Waals surface area contributed by atoms with Crippen LogP contribution in [0.25, 0.3) is 0 Å². The Kier molecular flexibility index (Phi) is 9.90. The zero-order valence-electron chi connectivity index (χ0n) is 18.1. The minimum absolute atomic E-state index is 0. The number of aryl methyl sites for hydroxylation is 1. The minimum Gasteiger partial charge on any atom is -0.507 e. The lowest BCUT2D eigenvalue weighted by molar-refractivity contribution is 0.0997. The van der Waals surface area contributed by atoms with E-state index in [1.54, 1.807) is 36.4 Å². The van der Waals surface area contributed by atoms with Crippen molar-refractivity contribution in [1.29, 1.82) is 0 Å². The van der Waals surface area contributed by atoms with Gasteiger partial charge >= 0.3 is 0 Å². The summed E-state index contributed by atoms with van der Waals surface area (Å²) in [7, 11) is -3.86. The molecule has 5 N–H and O–H groups in total. The summed E-state index contributed by atoms with van der Waals surface area (Å²) < 4.78 is 25.7. The van der Waals surface area contributed by atoms with Crippen molar-refractivity contribution in [2.75, 3.05) is 13.1 Å². The van der Waals surface area contributed by atoms with Crippen molar-refractivity contribution in [2.45, 2.75) is 28.7 Å². The molecule has 0 saturated carbocycles. The number of aromatic hydroxyl groups is 1. The van der Waals surface area contributed by atoms with Gasteiger partial charge in [-0.1, -0.05) is 35.9 Å². The van der Waals surface area contributed by atoms with Crippen molar-refractivity contribution in [3.8, 4) is 5.75 Å². The van der Waals surface area contributed by atoms with Crippen LogP contribution in [0.2, 0.25) is 5.02 Å². The minimum atomic E-state index is -3.86. The SMILES string of the molecule is Cl.NC(=O)c1cc(S(=O)(=O)c2ccc(CCCNC[C@H](O)c3ccc(Cl)cc3)cc2)ccc1O. The van der Waals surface area contributed by atoms with E-state index in [2.05, 4.69) is 5.32 Å². The molecule has 0 spiro atoms. The number of nitrogens with one attached hydrogen (secondary N) is 1. The molecule has 0 bridgehead atoms. The van der Waals surface area contributed by atoms with Crippen LogP contribution in [-0.4, -0.2) is 37.6 Å². The van der Waals surface area contributed by atoms with E-state index < -0.39 is 21.8 Å². The third-order valence-electron chi connectivity index (χ3n) is 5.19. The van der Waals surface area contributed by atoms with Gasteiger partial charge in [0.05, 0.1) is 21.5 Å². The number of aliphatic hydroxyl groups is 1. The number of carbonyl (C=O) groups is 1. The molecule has 3 aromatic rings. The molecule has 182 valence electrons. The molecule has 0 aliphatic rings. The molecule has 0 radical (unpaired) electrons. The highest BCUT2D eigenvalue weighted by atomic mass is 35.5. The number of aliphatic hydroxyl groups excluding tert-OH is 1. The molecule has 7 nitrogen and oxygen atoms in total. The summed E-state index contributed by atoms with van der Waals surface area (Å²) in [5.74, 6) is -1.28. The summed E-state index contributed by atoms with van der Waals surface area (Å²) in [4.78, 5) is 11.4. The number of rotatable bonds is 10. The van der Waals surface area contributed by atoms with Gasteiger partial charge in [-0.25, -0.2) is 8.42 Å². The zero-order valence-corrected chi connectivity index (χ0v) is 20.5. The van der Waals surface area contributed by atoms with Gasteiger partial charge in [-0.2, -0.15) is 0 Å². The Hall–Kier alpha value is -2.62. The van der Waals surface area contributed by atoms with Crippen molar-refractivity contribution in [2.24, 2.45) is 5.73 Å². The number of hydrogen-bond donors (Lipinski definition) is 4. The molecule has 3 rings (SSSR count). The van der Waals surface area contributed by atoms with Gasteiger partial charge in [0.25, 0.3) is 5.91 Å². The van der Waals surface area contributed by atoms with Crippen LogP contribution in [0.4, 0.5) is 0 Å². The topological polar surface area (TPSA) is 130 Å². The largest absolute Gasteiger partial charge is 0.507 e. The van der Waals surface area contributed by atoms with Gasteiger partial charge < -0.3 is 21.3 Å². The van der Waals surface area contributed by atoms with Gasteiger partial charge in [0.2, 0.25) is 9.84 Å². The van der Waals surface area contributed by atoms with E-state index in [9.17, 15) is 23.4 Å². The summed E-state index contributed by atoms with van der Waals surface area (Å²) in [6.45, 7) is 1.10. The first kappa shape index (κ1) is 27.6. The van der Waals surface area contributed by atoms with Crippen LogP contribution >= 0.6 is 24.0 Å². The second kappa shape index (κ2) is 12.2. The highest BCUT2D eigenvalue weighted by molar-refractivity contribution is 7.91. The van der Waals surface area contributed by atoms with Crippen molar-refractivity contribution in [1.82, 2.24) is 5.32 Å². The lowest BCUT2D eigenvalue weighted by Crippen LogP contribution is -2.22. The second-order valence-electron chi connectivity index (χ2n) is 7.57. The lowest BCUT2D eigenvalue weighted by atomic mass is 10.1. The molecule has 1 amide bonds. The fourth-order valence-corrected chi connectivity index (χ4v) is 4.72. The van der Waals surface area contributed by atoms with Crippen LogP contribution in [0.3, 0.4) is 0 Å². The monoisotopic (exact) mass is 524 g/mol. The first-order valence-electron chi connectivity index (χ1n) is 10.3. The molecule has 0 fully saturated rings. The fourth-order valence-electron chi connectivity index (χ4n) is 3.31. The van der Waals surface area contributed by atoms with Gasteiger partial charge in [-0.15, -0.1) is 12.4 Å². The zero-order chi connectivity index (χ0) is 24.0. The van der Waals surface area contributed by atoms with Gasteiger partial charge in [-0.3, -0.25) is 4.79 Å². The Bertz CT molecular complexity index is 1220. The van der Waals surface area contributed by atoms with Crippen LogP contribution in [0.5, 0.6) is 5.75 Å². The van der Waals surface area contributed by atoms with E-state index in [4.69, 9.17) is 17.3 Å². The van der Waals surface area contributed by atoms with Crippen molar-refractivity contribution in [3.05, 3.63) is 88.4 Å². The Labute approximate surface area is 209 Å². The maximum absolute atomic E-state index is 12.9. The standard InChI is InChI=1S/C24H25ClN2O5S.ClH/c25-18-7-5-17(6-8-18)23(29)15-27-13-1-2-16-3-9-19(10-4-16)33(31,32)20-11-12-22(28)21(14-20)24(26)30;/h3-12,14,23,27-29H,1-2,13,15H2,(H2,26,30);1H/t23-;/m0./s1. The molecule has 0 aliphatic heterocycles. The van der Waals surface area contributed by atoms with E-state index in [0.29, 0.717) is 18.1 Å². The van der Waals surface area contributed by atoms with E-state index in [1.165, 1.54) is 18.2 Å². The van der Waals surface area contributed by atoms with Crippen LogP contribution in [-0.2, 0) is 16.3 Å². The average Bonchev–Trinajstić information content (AvgIpc) is 2.79. The summed E-state index contributed by atoms with van der Waals surface area (Å²) in [6.07, 6.45) is 0.913. The summed E-state index contributed by atoms with van der Waals surface area (Å²) in [5.41, 5.74) is 6.70. The molecule has 10 heteroatoms. The Morgan fingerprint density at radius 2 is 1.62 bits per heavy atom. The van der Waals surface area contributed by atoms with Gasteiger partial charge in [0.15, 0.2) is 0 Å². The van der Waals surface area contributed by atoms with E-state index in [-0.39, 0.29) is 33.5 Å². The van der Waals surface area contributed by atoms with Crippen molar-refractivity contribution >= 4 is 39.8 Å². The number of amides is 1. The quantitative estimate of drug-likeness (QED) is 0.299. The number of phenols is 1. The maximum Gasteiger partial charge on any atom is 0.252 e. The Morgan fingerprint density at radius 3 is 2.24 bits per heavy atom. The lowest BCUT2D eigenvalue weighted by Gasteiger charge is -2.12. The molecule has 0 aliphatic carbocycles. The number of benzene rings is 3. The first-order chi connectivity index (χ1) is 15.7. The molecule has 0 saturated heterocycles. The van der Waals surface area contributed by atoms with E-state index in [0.717, 1.165) is 36.1 Å². The molecule has 3 aromatic carbocycles. The first-order valence-corrected chi connectivity index (χ1v) is 12.2. The summed E-state index contributed by atoms with van der Waals surface area (Å²) in [6, 6.07) is 17.0. The number of halogens is 2. The molecule has 34 heavy (non-hydrogen) atoms. The maximum atomic E-state index is 12.9. The highest BCUT2D eigenvalue weighted by Gasteiger charge is 2.20. The molecule has 0 heterocycles. The van der Waals surface area contributed by atoms with Gasteiger partial charge in [0, 0.05) is 11.6 Å². The molecular formula is C24H26Cl2N2O5S. The smallest absolute Gasteiger partial charge is 0.252 e. The fraction of sp³-hybridized carbons (Fsp3) is 0.208. The summed E-state index contributed by atoms with van der Waals surface area (Å²) in [5, 5.41) is 23.7. The number of sulfone groups is 1.